The van der Waals surface area contributed by atoms with Gasteiger partial charge < -0.3 is 0 Å². The number of hydrogen-bond donors (Lipinski definition) is 1. The van der Waals surface area contributed by atoms with Crippen LogP contribution in [0.25, 0.3) is 0 Å². The summed E-state index contributed by atoms with van der Waals surface area (Å²) in [5, 5.41) is 8.08. The predicted octanol–water partition coefficient (Wildman–Crippen LogP) is -1.19. The highest BCUT2D eigenvalue weighted by atomic mass is 32.2. The first-order valence-corrected chi connectivity index (χ1v) is 6.50. The summed E-state index contributed by atoms with van der Waals surface area (Å²) in [7, 11) is -4.49. The summed E-state index contributed by atoms with van der Waals surface area (Å²) >= 11 is 0. The van der Waals surface area contributed by atoms with E-state index in [1.54, 1.807) is 0 Å². The molecule has 0 saturated carbocycles. The summed E-state index contributed by atoms with van der Waals surface area (Å²) in [6, 6.07) is 1.52. The Hall–Kier alpha value is -0.450. The summed E-state index contributed by atoms with van der Waals surface area (Å²) in [6.07, 6.45) is 1.48. The maximum atomic E-state index is 10.8. The van der Waals surface area contributed by atoms with Crippen LogP contribution in [0.4, 0.5) is 0 Å². The van der Waals surface area contributed by atoms with Crippen molar-refractivity contribution < 1.29 is 12.6 Å². The van der Waals surface area contributed by atoms with E-state index in [2.05, 4.69) is 4.72 Å². The minimum atomic E-state index is -3.47. The maximum Gasteiger partial charge on any atom is 0.225 e. The third kappa shape index (κ3) is 6.27. The van der Waals surface area contributed by atoms with Crippen molar-refractivity contribution in [3.05, 3.63) is 0 Å². The Morgan fingerprint density at radius 2 is 2.17 bits per heavy atom. The molecule has 0 fully saturated rings. The van der Waals surface area contributed by atoms with Gasteiger partial charge in [0, 0.05) is 29.4 Å². The molecule has 0 amide bonds. The zero-order chi connectivity index (χ0) is 9.61. The molecule has 0 aromatic heterocycles. The number of sulfonamides is 1. The summed E-state index contributed by atoms with van der Waals surface area (Å²) in [5.74, 6) is -0.284. The zero-order valence-electron chi connectivity index (χ0n) is 6.61. The van der Waals surface area contributed by atoms with Gasteiger partial charge in [-0.05, 0) is 0 Å². The molecule has 0 aromatic rings. The molecule has 0 aromatic carbocycles. The largest absolute Gasteiger partial charge is 0.260 e. The van der Waals surface area contributed by atoms with Gasteiger partial charge in [0.1, 0.15) is 0 Å². The van der Waals surface area contributed by atoms with Crippen molar-refractivity contribution >= 4 is 20.8 Å². The Labute approximate surface area is 74.3 Å². The Morgan fingerprint density at radius 3 is 2.58 bits per heavy atom. The molecule has 0 aliphatic heterocycles. The summed E-state index contributed by atoms with van der Waals surface area (Å²) in [6.45, 7) is 0.118. The van der Waals surface area contributed by atoms with E-state index in [9.17, 15) is 12.6 Å². The number of nitrogens with one attached hydrogen (secondary N) is 1. The smallest absolute Gasteiger partial charge is 0.225 e. The van der Waals surface area contributed by atoms with E-state index < -0.39 is 26.6 Å². The first-order valence-electron chi connectivity index (χ1n) is 3.12. The van der Waals surface area contributed by atoms with Gasteiger partial charge in [-0.3, -0.25) is 4.21 Å². The molecule has 12 heavy (non-hydrogen) atoms. The van der Waals surface area contributed by atoms with Crippen molar-refractivity contribution in [2.45, 2.75) is 0 Å². The van der Waals surface area contributed by atoms with Crippen molar-refractivity contribution in [1.29, 1.82) is 5.26 Å². The van der Waals surface area contributed by atoms with Crippen LogP contribution in [-0.2, 0) is 20.8 Å². The Morgan fingerprint density at radius 1 is 1.58 bits per heavy atom. The van der Waals surface area contributed by atoms with Gasteiger partial charge in [0.25, 0.3) is 0 Å². The predicted molar refractivity (Wildman–Crippen MR) is 46.3 cm³/mol. The highest BCUT2D eigenvalue weighted by Gasteiger charge is 2.07. The van der Waals surface area contributed by atoms with Gasteiger partial charge in [0.2, 0.25) is 10.0 Å². The maximum absolute atomic E-state index is 10.8. The van der Waals surface area contributed by atoms with Crippen LogP contribution >= 0.6 is 0 Å². The molecule has 0 aliphatic carbocycles. The minimum absolute atomic E-state index is 0.118. The fourth-order valence-corrected chi connectivity index (χ4v) is 1.68. The highest BCUT2D eigenvalue weighted by molar-refractivity contribution is 7.89. The highest BCUT2D eigenvalue weighted by Crippen LogP contribution is 1.81. The molecular weight excluding hydrogens is 200 g/mol. The van der Waals surface area contributed by atoms with Gasteiger partial charge in [-0.25, -0.2) is 13.1 Å². The van der Waals surface area contributed by atoms with Gasteiger partial charge in [0.05, 0.1) is 6.07 Å². The first kappa shape index (κ1) is 11.6. The lowest BCUT2D eigenvalue weighted by atomic mass is 10.8. The minimum Gasteiger partial charge on any atom is -0.260 e. The molecular formula is C5H10N2O3S2. The fraction of sp³-hybridized carbons (Fsp3) is 0.800. The lowest BCUT2D eigenvalue weighted by Gasteiger charge is -2.00. The van der Waals surface area contributed by atoms with E-state index in [1.165, 1.54) is 12.3 Å². The lowest BCUT2D eigenvalue weighted by molar-refractivity contribution is 0.587. The Balaban J connectivity index is 3.79. The fourth-order valence-electron chi connectivity index (χ4n) is 0.477. The molecule has 7 heteroatoms. The van der Waals surface area contributed by atoms with Gasteiger partial charge >= 0.3 is 0 Å². The Bertz CT molecular complexity index is 290. The van der Waals surface area contributed by atoms with Crippen LogP contribution < -0.4 is 4.72 Å². The van der Waals surface area contributed by atoms with E-state index in [4.69, 9.17) is 5.26 Å². The van der Waals surface area contributed by atoms with E-state index in [0.717, 1.165) is 0 Å². The van der Waals surface area contributed by atoms with E-state index in [-0.39, 0.29) is 12.3 Å². The van der Waals surface area contributed by atoms with E-state index >= 15 is 0 Å². The molecule has 0 bridgehead atoms. The number of nitriles is 1. The van der Waals surface area contributed by atoms with Crippen LogP contribution in [0.1, 0.15) is 0 Å². The molecule has 0 aliphatic rings. The van der Waals surface area contributed by atoms with Crippen LogP contribution in [0, 0.1) is 11.3 Å². The monoisotopic (exact) mass is 210 g/mol. The van der Waals surface area contributed by atoms with Crippen LogP contribution in [0.2, 0.25) is 0 Å². The topological polar surface area (TPSA) is 87.0 Å². The SMILES string of the molecule is CS(=O)CCNS(=O)(=O)CC#N. The molecule has 1 unspecified atom stereocenters. The van der Waals surface area contributed by atoms with Gasteiger partial charge in [-0.2, -0.15) is 5.26 Å². The van der Waals surface area contributed by atoms with Gasteiger partial charge in [-0.1, -0.05) is 0 Å². The van der Waals surface area contributed by atoms with E-state index in [0.29, 0.717) is 0 Å². The molecule has 5 nitrogen and oxygen atoms in total. The van der Waals surface area contributed by atoms with Crippen molar-refractivity contribution in [3.63, 3.8) is 0 Å². The molecule has 70 valence electrons. The molecule has 0 radical (unpaired) electrons. The number of nitrogens with zero attached hydrogens (tertiary/aromatic N) is 1. The van der Waals surface area contributed by atoms with Crippen molar-refractivity contribution in [1.82, 2.24) is 4.72 Å². The molecule has 1 N–H and O–H groups in total. The van der Waals surface area contributed by atoms with Gasteiger partial charge in [-0.15, -0.1) is 0 Å². The lowest BCUT2D eigenvalue weighted by Crippen LogP contribution is -2.29. The first-order chi connectivity index (χ1) is 5.48. The number of rotatable bonds is 5. The van der Waals surface area contributed by atoms with Gasteiger partial charge in [0.15, 0.2) is 5.75 Å². The average Bonchev–Trinajstić information content (AvgIpc) is 1.85. The zero-order valence-corrected chi connectivity index (χ0v) is 8.24. The van der Waals surface area contributed by atoms with Crippen LogP contribution in [0.5, 0.6) is 0 Å². The van der Waals surface area contributed by atoms with Crippen molar-refractivity contribution in [2.75, 3.05) is 24.3 Å². The van der Waals surface area contributed by atoms with Crippen LogP contribution in [0.15, 0.2) is 0 Å². The standard InChI is InChI=1S/C5H10N2O3S2/c1-11(8)4-3-7-12(9,10)5-2-6/h7H,3-5H2,1H3. The molecule has 0 heterocycles. The van der Waals surface area contributed by atoms with Crippen molar-refractivity contribution in [2.24, 2.45) is 0 Å². The second-order valence-electron chi connectivity index (χ2n) is 2.09. The average molecular weight is 210 g/mol. The summed E-state index contributed by atoms with van der Waals surface area (Å²) < 4.78 is 34.2. The second-order valence-corrected chi connectivity index (χ2v) is 5.45. The normalized spacial score (nSPS) is 13.7. The summed E-state index contributed by atoms with van der Waals surface area (Å²) in [5.41, 5.74) is 0. The second kappa shape index (κ2) is 5.24. The Kier molecular flexibility index (Phi) is 5.04. The van der Waals surface area contributed by atoms with Crippen LogP contribution in [-0.4, -0.2) is 36.9 Å². The quantitative estimate of drug-likeness (QED) is 0.618. The third-order valence-electron chi connectivity index (χ3n) is 0.966. The van der Waals surface area contributed by atoms with E-state index in [1.807, 2.05) is 0 Å². The summed E-state index contributed by atoms with van der Waals surface area (Å²) in [4.78, 5) is 0. The number of hydrogen-bond acceptors (Lipinski definition) is 4. The molecule has 1 atom stereocenters. The van der Waals surface area contributed by atoms with Crippen LogP contribution in [0.3, 0.4) is 0 Å². The molecule has 0 rings (SSSR count). The molecule has 0 spiro atoms. The molecule has 0 saturated heterocycles. The third-order valence-corrected chi connectivity index (χ3v) is 2.90. The van der Waals surface area contributed by atoms with Crippen molar-refractivity contribution in [3.8, 4) is 6.07 Å².